The van der Waals surface area contributed by atoms with E-state index in [9.17, 15) is 22.4 Å². The number of hydroxylamine groups is 2. The van der Waals surface area contributed by atoms with Crippen molar-refractivity contribution < 1.29 is 27.2 Å². The van der Waals surface area contributed by atoms with Crippen LogP contribution in [0.5, 0.6) is 0 Å². The van der Waals surface area contributed by atoms with Gasteiger partial charge >= 0.3 is 0 Å². The van der Waals surface area contributed by atoms with Crippen molar-refractivity contribution in [1.82, 2.24) is 14.8 Å². The summed E-state index contributed by atoms with van der Waals surface area (Å²) >= 11 is 0. The number of hydrogen-bond donors (Lipinski definition) is 0. The van der Waals surface area contributed by atoms with Gasteiger partial charge in [-0.1, -0.05) is 0 Å². The standard InChI is InChI=1S/C16H17F4N3O2/c1-9(4-11-13(19)5-10(18)6-14(11)20)23(25-3)16(24)12-8-22(2)21-15(12)7-17/h5-6,8-9H,4,7H2,1-3H3. The first-order chi connectivity index (χ1) is 11.8. The molecule has 0 N–H and O–H groups in total. The van der Waals surface area contributed by atoms with E-state index in [1.165, 1.54) is 32.0 Å². The van der Waals surface area contributed by atoms with Crippen molar-refractivity contribution in [2.45, 2.75) is 26.1 Å². The van der Waals surface area contributed by atoms with E-state index in [1.807, 2.05) is 0 Å². The first-order valence-electron chi connectivity index (χ1n) is 7.38. The predicted molar refractivity (Wildman–Crippen MR) is 80.7 cm³/mol. The zero-order chi connectivity index (χ0) is 18.7. The van der Waals surface area contributed by atoms with Gasteiger partial charge in [0, 0.05) is 37.4 Å². The van der Waals surface area contributed by atoms with E-state index in [4.69, 9.17) is 4.84 Å². The molecule has 1 amide bonds. The van der Waals surface area contributed by atoms with Crippen molar-refractivity contribution >= 4 is 5.91 Å². The van der Waals surface area contributed by atoms with E-state index in [-0.39, 0.29) is 23.2 Å². The Morgan fingerprint density at radius 2 is 1.92 bits per heavy atom. The molecule has 0 saturated heterocycles. The van der Waals surface area contributed by atoms with Crippen LogP contribution < -0.4 is 0 Å². The van der Waals surface area contributed by atoms with Gasteiger partial charge in [0.1, 0.15) is 29.8 Å². The molecular weight excluding hydrogens is 342 g/mol. The van der Waals surface area contributed by atoms with E-state index < -0.39 is 36.1 Å². The Balaban J connectivity index is 2.27. The van der Waals surface area contributed by atoms with E-state index in [0.29, 0.717) is 12.1 Å². The van der Waals surface area contributed by atoms with Crippen LogP contribution in [0.1, 0.15) is 28.5 Å². The SMILES string of the molecule is CON(C(=O)c1cn(C)nc1CF)C(C)Cc1c(F)cc(F)cc1F. The van der Waals surface area contributed by atoms with Gasteiger partial charge in [0.15, 0.2) is 0 Å². The molecule has 0 aliphatic carbocycles. The summed E-state index contributed by atoms with van der Waals surface area (Å²) in [5.74, 6) is -3.84. The van der Waals surface area contributed by atoms with Crippen LogP contribution in [0, 0.1) is 17.5 Å². The van der Waals surface area contributed by atoms with E-state index in [1.54, 1.807) is 0 Å². The molecule has 1 unspecified atom stereocenters. The molecule has 0 saturated carbocycles. The average Bonchev–Trinajstić information content (AvgIpc) is 2.92. The molecule has 1 atom stereocenters. The lowest BCUT2D eigenvalue weighted by Crippen LogP contribution is -2.39. The van der Waals surface area contributed by atoms with Gasteiger partial charge in [-0.15, -0.1) is 0 Å². The number of amides is 1. The lowest BCUT2D eigenvalue weighted by atomic mass is 10.0. The number of carbonyl (C=O) groups is 1. The van der Waals surface area contributed by atoms with Gasteiger partial charge in [-0.3, -0.25) is 14.3 Å². The summed E-state index contributed by atoms with van der Waals surface area (Å²) in [6.07, 6.45) is 1.07. The largest absolute Gasteiger partial charge is 0.281 e. The summed E-state index contributed by atoms with van der Waals surface area (Å²) in [5, 5.41) is 4.70. The molecular formula is C16H17F4N3O2. The number of hydrogen-bond acceptors (Lipinski definition) is 3. The fraction of sp³-hybridized carbons (Fsp3) is 0.375. The molecule has 5 nitrogen and oxygen atoms in total. The number of aryl methyl sites for hydroxylation is 1. The van der Waals surface area contributed by atoms with E-state index in [2.05, 4.69) is 5.10 Å². The normalized spacial score (nSPS) is 12.3. The topological polar surface area (TPSA) is 47.4 Å². The molecule has 1 aromatic heterocycles. The highest BCUT2D eigenvalue weighted by atomic mass is 19.1. The molecule has 0 bridgehead atoms. The third-order valence-electron chi connectivity index (χ3n) is 3.66. The van der Waals surface area contributed by atoms with Crippen LogP contribution in [-0.2, 0) is 25.0 Å². The van der Waals surface area contributed by atoms with Crippen LogP contribution in [0.4, 0.5) is 17.6 Å². The third-order valence-corrected chi connectivity index (χ3v) is 3.66. The van der Waals surface area contributed by atoms with Crippen LogP contribution in [-0.4, -0.2) is 33.9 Å². The Morgan fingerprint density at radius 1 is 1.32 bits per heavy atom. The Bertz CT molecular complexity index is 756. The number of halogens is 4. The average molecular weight is 359 g/mol. The number of rotatable bonds is 6. The highest BCUT2D eigenvalue weighted by molar-refractivity contribution is 5.94. The zero-order valence-corrected chi connectivity index (χ0v) is 13.9. The van der Waals surface area contributed by atoms with Gasteiger partial charge in [-0.25, -0.2) is 22.6 Å². The summed E-state index contributed by atoms with van der Waals surface area (Å²) in [6.45, 7) is 0.546. The van der Waals surface area contributed by atoms with Crippen molar-refractivity contribution in [3.63, 3.8) is 0 Å². The Labute approximate surface area is 141 Å². The molecule has 1 heterocycles. The van der Waals surface area contributed by atoms with Crippen LogP contribution >= 0.6 is 0 Å². The van der Waals surface area contributed by atoms with Gasteiger partial charge in [0.25, 0.3) is 5.91 Å². The number of benzene rings is 1. The van der Waals surface area contributed by atoms with Gasteiger partial charge in [0.2, 0.25) is 0 Å². The Kier molecular flexibility index (Phi) is 5.78. The van der Waals surface area contributed by atoms with Crippen LogP contribution in [0.15, 0.2) is 18.3 Å². The second kappa shape index (κ2) is 7.64. The summed E-state index contributed by atoms with van der Waals surface area (Å²) in [7, 11) is 2.73. The van der Waals surface area contributed by atoms with Gasteiger partial charge in [-0.05, 0) is 6.92 Å². The lowest BCUT2D eigenvalue weighted by Gasteiger charge is -2.26. The van der Waals surface area contributed by atoms with Gasteiger partial charge in [-0.2, -0.15) is 5.10 Å². The smallest absolute Gasteiger partial charge is 0.275 e. The second-order valence-corrected chi connectivity index (χ2v) is 5.51. The third kappa shape index (κ3) is 3.98. The predicted octanol–water partition coefficient (Wildman–Crippen LogP) is 2.94. The minimum atomic E-state index is -1.06. The van der Waals surface area contributed by atoms with Crippen molar-refractivity contribution in [2.75, 3.05) is 7.11 Å². The molecule has 0 aliphatic rings. The highest BCUT2D eigenvalue weighted by Gasteiger charge is 2.27. The first-order valence-corrected chi connectivity index (χ1v) is 7.38. The molecule has 1 aromatic carbocycles. The first kappa shape index (κ1) is 18.9. The maximum absolute atomic E-state index is 13.8. The van der Waals surface area contributed by atoms with Gasteiger partial charge in [0.05, 0.1) is 18.7 Å². The summed E-state index contributed by atoms with van der Waals surface area (Å²) in [6, 6.07) is 0.318. The fourth-order valence-corrected chi connectivity index (χ4v) is 2.54. The Hall–Kier alpha value is -2.42. The van der Waals surface area contributed by atoms with Crippen molar-refractivity contribution in [2.24, 2.45) is 7.05 Å². The van der Waals surface area contributed by atoms with Crippen molar-refractivity contribution in [3.05, 3.63) is 52.6 Å². The quantitative estimate of drug-likeness (QED) is 0.589. The molecule has 0 radical (unpaired) electrons. The maximum atomic E-state index is 13.8. The summed E-state index contributed by atoms with van der Waals surface area (Å²) in [4.78, 5) is 17.6. The molecule has 0 fully saturated rings. The number of nitrogens with zero attached hydrogens (tertiary/aromatic N) is 3. The second-order valence-electron chi connectivity index (χ2n) is 5.51. The number of carbonyl (C=O) groups excluding carboxylic acids is 1. The van der Waals surface area contributed by atoms with Gasteiger partial charge < -0.3 is 0 Å². The molecule has 2 rings (SSSR count). The van der Waals surface area contributed by atoms with Crippen molar-refractivity contribution in [3.8, 4) is 0 Å². The van der Waals surface area contributed by atoms with Crippen LogP contribution in [0.3, 0.4) is 0 Å². The number of alkyl halides is 1. The molecule has 25 heavy (non-hydrogen) atoms. The van der Waals surface area contributed by atoms with E-state index >= 15 is 0 Å². The lowest BCUT2D eigenvalue weighted by molar-refractivity contribution is -0.119. The minimum absolute atomic E-state index is 0.0150. The fourth-order valence-electron chi connectivity index (χ4n) is 2.54. The molecule has 136 valence electrons. The maximum Gasteiger partial charge on any atom is 0.281 e. The summed E-state index contributed by atoms with van der Waals surface area (Å²) < 4.78 is 54.9. The number of aromatic nitrogens is 2. The zero-order valence-electron chi connectivity index (χ0n) is 13.9. The molecule has 0 spiro atoms. The van der Waals surface area contributed by atoms with Crippen LogP contribution in [0.25, 0.3) is 0 Å². The van der Waals surface area contributed by atoms with Crippen LogP contribution in [0.2, 0.25) is 0 Å². The monoisotopic (exact) mass is 359 g/mol. The molecule has 9 heteroatoms. The van der Waals surface area contributed by atoms with E-state index in [0.717, 1.165) is 5.06 Å². The Morgan fingerprint density at radius 3 is 2.44 bits per heavy atom. The molecule has 0 aliphatic heterocycles. The highest BCUT2D eigenvalue weighted by Crippen LogP contribution is 2.20. The summed E-state index contributed by atoms with van der Waals surface area (Å²) in [5.41, 5.74) is -0.458. The molecule has 2 aromatic rings. The minimum Gasteiger partial charge on any atom is -0.275 e. The van der Waals surface area contributed by atoms with Crippen molar-refractivity contribution in [1.29, 1.82) is 0 Å².